The van der Waals surface area contributed by atoms with E-state index in [1.807, 2.05) is 60.7 Å². The van der Waals surface area contributed by atoms with Gasteiger partial charge in [-0.3, -0.25) is 9.69 Å². The van der Waals surface area contributed by atoms with Crippen molar-refractivity contribution in [1.29, 1.82) is 5.26 Å². The van der Waals surface area contributed by atoms with Gasteiger partial charge in [-0.1, -0.05) is 69.7 Å². The number of likely N-dealkylation sites (N-methyl/N-ethyl adjacent to an activating group) is 1. The Labute approximate surface area is 163 Å². The first-order valence-electron chi connectivity index (χ1n) is 7.63. The van der Waals surface area contributed by atoms with E-state index < -0.39 is 5.91 Å². The van der Waals surface area contributed by atoms with Crippen LogP contribution >= 0.6 is 27.3 Å². The molecule has 1 amide bonds. The second-order valence-electron chi connectivity index (χ2n) is 5.34. The van der Waals surface area contributed by atoms with Crippen LogP contribution in [0.5, 0.6) is 0 Å². The van der Waals surface area contributed by atoms with Gasteiger partial charge in [0.15, 0.2) is 0 Å². The number of halogens is 1. The fourth-order valence-electron chi connectivity index (χ4n) is 2.19. The topological polar surface area (TPSA) is 69.9 Å². The standard InChI is InChI=1S/C19H13BrN4OS/c1-24(18(25)15(12-21)11-13-5-3-2-4-6-13)19-23-22-17(26-19)14-7-9-16(20)10-8-14/h2-11H,1H3/b15-11+. The molecule has 0 radical (unpaired) electrons. The molecule has 3 rings (SSSR count). The lowest BCUT2D eigenvalue weighted by molar-refractivity contribution is -0.114. The number of amides is 1. The number of hydrogen-bond acceptors (Lipinski definition) is 5. The zero-order valence-electron chi connectivity index (χ0n) is 13.8. The lowest BCUT2D eigenvalue weighted by Crippen LogP contribution is -2.27. The fourth-order valence-corrected chi connectivity index (χ4v) is 3.26. The Morgan fingerprint density at radius 2 is 1.85 bits per heavy atom. The first kappa shape index (κ1) is 18.0. The average molecular weight is 425 g/mol. The van der Waals surface area contributed by atoms with Crippen LogP contribution in [0.15, 0.2) is 64.6 Å². The van der Waals surface area contributed by atoms with Gasteiger partial charge in [0.05, 0.1) is 0 Å². The quantitative estimate of drug-likeness (QED) is 0.455. The monoisotopic (exact) mass is 424 g/mol. The van der Waals surface area contributed by atoms with Gasteiger partial charge in [-0.15, -0.1) is 10.2 Å². The zero-order chi connectivity index (χ0) is 18.5. The highest BCUT2D eigenvalue weighted by Gasteiger charge is 2.20. The predicted octanol–water partition coefficient (Wildman–Crippen LogP) is 4.54. The molecule has 0 aliphatic carbocycles. The molecule has 128 valence electrons. The lowest BCUT2D eigenvalue weighted by atomic mass is 10.1. The molecule has 0 aliphatic heterocycles. The van der Waals surface area contributed by atoms with Crippen molar-refractivity contribution in [1.82, 2.24) is 10.2 Å². The Kier molecular flexibility index (Phi) is 5.56. The molecule has 1 heterocycles. The van der Waals surface area contributed by atoms with Crippen LogP contribution < -0.4 is 4.90 Å². The molecule has 0 aliphatic rings. The van der Waals surface area contributed by atoms with Gasteiger partial charge in [-0.25, -0.2) is 0 Å². The van der Waals surface area contributed by atoms with Gasteiger partial charge in [0.25, 0.3) is 5.91 Å². The maximum atomic E-state index is 12.6. The normalized spacial score (nSPS) is 11.0. The molecule has 0 bridgehead atoms. The summed E-state index contributed by atoms with van der Waals surface area (Å²) in [6, 6.07) is 18.9. The van der Waals surface area contributed by atoms with Crippen LogP contribution in [0, 0.1) is 11.3 Å². The van der Waals surface area contributed by atoms with Crippen LogP contribution in [-0.2, 0) is 4.79 Å². The van der Waals surface area contributed by atoms with Crippen LogP contribution in [0.3, 0.4) is 0 Å². The van der Waals surface area contributed by atoms with E-state index in [-0.39, 0.29) is 5.57 Å². The Bertz CT molecular complexity index is 990. The summed E-state index contributed by atoms with van der Waals surface area (Å²) in [4.78, 5) is 14.0. The SMILES string of the molecule is CN(C(=O)/C(C#N)=C/c1ccccc1)c1nnc(-c2ccc(Br)cc2)s1. The molecule has 0 saturated carbocycles. The van der Waals surface area contributed by atoms with Crippen molar-refractivity contribution >= 4 is 44.4 Å². The Morgan fingerprint density at radius 1 is 1.15 bits per heavy atom. The zero-order valence-corrected chi connectivity index (χ0v) is 16.2. The van der Waals surface area contributed by atoms with Crippen molar-refractivity contribution < 1.29 is 4.79 Å². The molecule has 0 unspecified atom stereocenters. The predicted molar refractivity (Wildman–Crippen MR) is 106 cm³/mol. The molecular weight excluding hydrogens is 412 g/mol. The molecule has 26 heavy (non-hydrogen) atoms. The van der Waals surface area contributed by atoms with Crippen molar-refractivity contribution in [2.75, 3.05) is 11.9 Å². The maximum absolute atomic E-state index is 12.6. The van der Waals surface area contributed by atoms with Crippen LogP contribution in [0.2, 0.25) is 0 Å². The molecule has 2 aromatic carbocycles. The van der Waals surface area contributed by atoms with Gasteiger partial charge < -0.3 is 0 Å². The van der Waals surface area contributed by atoms with E-state index in [1.165, 1.54) is 16.2 Å². The minimum atomic E-state index is -0.421. The molecule has 0 spiro atoms. The second-order valence-corrected chi connectivity index (χ2v) is 7.21. The Morgan fingerprint density at radius 3 is 2.50 bits per heavy atom. The molecule has 0 saturated heterocycles. The number of carbonyl (C=O) groups is 1. The molecule has 7 heteroatoms. The highest BCUT2D eigenvalue weighted by Crippen LogP contribution is 2.29. The molecule has 0 fully saturated rings. The number of benzene rings is 2. The number of carbonyl (C=O) groups excluding carboxylic acids is 1. The molecule has 0 N–H and O–H groups in total. The van der Waals surface area contributed by atoms with E-state index in [4.69, 9.17) is 0 Å². The summed E-state index contributed by atoms with van der Waals surface area (Å²) >= 11 is 4.69. The first-order chi connectivity index (χ1) is 12.6. The Hall–Kier alpha value is -2.82. The summed E-state index contributed by atoms with van der Waals surface area (Å²) in [5.41, 5.74) is 1.75. The summed E-state index contributed by atoms with van der Waals surface area (Å²) in [7, 11) is 1.59. The molecule has 3 aromatic rings. The van der Waals surface area contributed by atoms with Gasteiger partial charge in [-0.2, -0.15) is 5.26 Å². The number of rotatable bonds is 4. The molecular formula is C19H13BrN4OS. The van der Waals surface area contributed by atoms with Crippen molar-refractivity contribution in [2.45, 2.75) is 0 Å². The smallest absolute Gasteiger partial charge is 0.270 e. The summed E-state index contributed by atoms with van der Waals surface area (Å²) in [5, 5.41) is 18.7. The third-order valence-corrected chi connectivity index (χ3v) is 5.14. The minimum Gasteiger partial charge on any atom is -0.285 e. The van der Waals surface area contributed by atoms with E-state index in [9.17, 15) is 10.1 Å². The van der Waals surface area contributed by atoms with E-state index in [0.29, 0.717) is 10.1 Å². The number of aromatic nitrogens is 2. The van der Waals surface area contributed by atoms with E-state index >= 15 is 0 Å². The number of anilines is 1. The fraction of sp³-hybridized carbons (Fsp3) is 0.0526. The number of nitriles is 1. The van der Waals surface area contributed by atoms with Crippen LogP contribution in [0.4, 0.5) is 5.13 Å². The van der Waals surface area contributed by atoms with Gasteiger partial charge in [0, 0.05) is 17.1 Å². The van der Waals surface area contributed by atoms with Crippen molar-refractivity contribution in [3.63, 3.8) is 0 Å². The van der Waals surface area contributed by atoms with Gasteiger partial charge >= 0.3 is 0 Å². The number of hydrogen-bond donors (Lipinski definition) is 0. The van der Waals surface area contributed by atoms with Crippen molar-refractivity contribution in [3.05, 3.63) is 70.2 Å². The lowest BCUT2D eigenvalue weighted by Gasteiger charge is -2.12. The molecule has 5 nitrogen and oxygen atoms in total. The van der Waals surface area contributed by atoms with E-state index in [1.54, 1.807) is 13.1 Å². The second kappa shape index (κ2) is 8.04. The largest absolute Gasteiger partial charge is 0.285 e. The average Bonchev–Trinajstić information content (AvgIpc) is 3.16. The highest BCUT2D eigenvalue weighted by atomic mass is 79.9. The number of nitrogens with zero attached hydrogens (tertiary/aromatic N) is 4. The van der Waals surface area contributed by atoms with Crippen molar-refractivity contribution in [3.8, 4) is 16.6 Å². The van der Waals surface area contributed by atoms with Crippen LogP contribution in [0.25, 0.3) is 16.6 Å². The van der Waals surface area contributed by atoms with Gasteiger partial charge in [0.1, 0.15) is 16.6 Å². The summed E-state index contributed by atoms with van der Waals surface area (Å²) < 4.78 is 0.975. The van der Waals surface area contributed by atoms with Crippen LogP contribution in [-0.4, -0.2) is 23.2 Å². The molecule has 0 atom stereocenters. The third-order valence-electron chi connectivity index (χ3n) is 3.56. The van der Waals surface area contributed by atoms with Gasteiger partial charge in [0.2, 0.25) is 5.13 Å². The van der Waals surface area contributed by atoms with Crippen molar-refractivity contribution in [2.24, 2.45) is 0 Å². The summed E-state index contributed by atoms with van der Waals surface area (Å²) in [6.45, 7) is 0. The van der Waals surface area contributed by atoms with E-state index in [0.717, 1.165) is 15.6 Å². The minimum absolute atomic E-state index is 0.0408. The maximum Gasteiger partial charge on any atom is 0.270 e. The van der Waals surface area contributed by atoms with Gasteiger partial charge in [-0.05, 0) is 23.8 Å². The summed E-state index contributed by atoms with van der Waals surface area (Å²) in [5.74, 6) is -0.421. The Balaban J connectivity index is 1.83. The van der Waals surface area contributed by atoms with E-state index in [2.05, 4.69) is 26.1 Å². The molecule has 1 aromatic heterocycles. The first-order valence-corrected chi connectivity index (χ1v) is 9.24. The van der Waals surface area contributed by atoms with Crippen LogP contribution in [0.1, 0.15) is 5.56 Å². The highest BCUT2D eigenvalue weighted by molar-refractivity contribution is 9.10. The summed E-state index contributed by atoms with van der Waals surface area (Å²) in [6.07, 6.45) is 1.56. The third kappa shape index (κ3) is 4.04.